The monoisotopic (exact) mass is 364 g/mol. The molecule has 3 aromatic carbocycles. The van der Waals surface area contributed by atoms with Crippen molar-refractivity contribution in [1.82, 2.24) is 5.32 Å². The number of benzene rings is 3. The molecule has 3 aromatic rings. The van der Waals surface area contributed by atoms with Gasteiger partial charge < -0.3 is 10.6 Å². The molecule has 0 heterocycles. The van der Waals surface area contributed by atoms with Gasteiger partial charge in [-0.25, -0.2) is 4.39 Å². The van der Waals surface area contributed by atoms with Crippen molar-refractivity contribution in [1.29, 1.82) is 0 Å². The van der Waals surface area contributed by atoms with Gasteiger partial charge in [0.15, 0.2) is 5.11 Å². The molecular weight excluding hydrogens is 343 g/mol. The Balaban J connectivity index is 1.62. The van der Waals surface area contributed by atoms with E-state index in [2.05, 4.69) is 59.2 Å². The molecule has 0 atom stereocenters. The van der Waals surface area contributed by atoms with Crippen molar-refractivity contribution >= 4 is 23.0 Å². The first kappa shape index (κ1) is 18.1. The summed E-state index contributed by atoms with van der Waals surface area (Å²) >= 11 is 5.29. The van der Waals surface area contributed by atoms with E-state index in [0.717, 1.165) is 6.42 Å². The molecule has 0 aliphatic carbocycles. The summed E-state index contributed by atoms with van der Waals surface area (Å²) in [5.74, 6) is -0.0377. The first-order valence-electron chi connectivity index (χ1n) is 8.63. The van der Waals surface area contributed by atoms with Crippen LogP contribution in [0.25, 0.3) is 0 Å². The van der Waals surface area contributed by atoms with Crippen molar-refractivity contribution in [2.75, 3.05) is 11.9 Å². The van der Waals surface area contributed by atoms with Crippen molar-refractivity contribution < 1.29 is 4.39 Å². The fraction of sp³-hybridized carbons (Fsp3) is 0.136. The molecule has 0 bridgehead atoms. The van der Waals surface area contributed by atoms with Crippen molar-refractivity contribution in [3.8, 4) is 0 Å². The highest BCUT2D eigenvalue weighted by atomic mass is 32.1. The molecule has 0 aromatic heterocycles. The van der Waals surface area contributed by atoms with Gasteiger partial charge >= 0.3 is 0 Å². The van der Waals surface area contributed by atoms with Crippen LogP contribution in [0.4, 0.5) is 10.1 Å². The Kier molecular flexibility index (Phi) is 6.34. The summed E-state index contributed by atoms with van der Waals surface area (Å²) < 4.78 is 13.7. The number of nitrogens with one attached hydrogen (secondary N) is 2. The molecule has 0 unspecified atom stereocenters. The number of hydrogen-bond acceptors (Lipinski definition) is 1. The second-order valence-corrected chi connectivity index (χ2v) is 6.43. The summed E-state index contributed by atoms with van der Waals surface area (Å²) in [7, 11) is 0. The van der Waals surface area contributed by atoms with Gasteiger partial charge in [0.25, 0.3) is 0 Å². The fourth-order valence-corrected chi connectivity index (χ4v) is 3.17. The van der Waals surface area contributed by atoms with E-state index >= 15 is 0 Å². The van der Waals surface area contributed by atoms with Crippen molar-refractivity contribution in [3.63, 3.8) is 0 Å². The van der Waals surface area contributed by atoms with Crippen LogP contribution >= 0.6 is 12.2 Å². The maximum atomic E-state index is 13.7. The summed E-state index contributed by atoms with van der Waals surface area (Å²) in [4.78, 5) is 0. The second-order valence-electron chi connectivity index (χ2n) is 6.02. The minimum atomic E-state index is -0.317. The van der Waals surface area contributed by atoms with Crippen LogP contribution in [0.3, 0.4) is 0 Å². The molecule has 0 radical (unpaired) electrons. The Morgan fingerprint density at radius 2 is 1.35 bits per heavy atom. The van der Waals surface area contributed by atoms with Gasteiger partial charge in [0.1, 0.15) is 5.82 Å². The normalized spacial score (nSPS) is 10.5. The minimum absolute atomic E-state index is 0.279. The summed E-state index contributed by atoms with van der Waals surface area (Å²) in [6.45, 7) is 0.689. The maximum absolute atomic E-state index is 13.7. The van der Waals surface area contributed by atoms with E-state index in [1.807, 2.05) is 12.1 Å². The molecule has 0 saturated carbocycles. The zero-order valence-electron chi connectivity index (χ0n) is 14.4. The lowest BCUT2D eigenvalue weighted by Crippen LogP contribution is -2.30. The van der Waals surface area contributed by atoms with Gasteiger partial charge in [-0.15, -0.1) is 0 Å². The highest BCUT2D eigenvalue weighted by Crippen LogP contribution is 2.27. The smallest absolute Gasteiger partial charge is 0.170 e. The SMILES string of the molecule is Fc1ccccc1NC(=S)NCCC(c1ccccc1)c1ccccc1. The lowest BCUT2D eigenvalue weighted by atomic mass is 9.88. The zero-order chi connectivity index (χ0) is 18.2. The number of hydrogen-bond donors (Lipinski definition) is 2. The molecule has 0 fully saturated rings. The van der Waals surface area contributed by atoms with E-state index in [9.17, 15) is 4.39 Å². The van der Waals surface area contributed by atoms with Crippen LogP contribution in [0.2, 0.25) is 0 Å². The van der Waals surface area contributed by atoms with E-state index in [1.54, 1.807) is 18.2 Å². The zero-order valence-corrected chi connectivity index (χ0v) is 15.2. The fourth-order valence-electron chi connectivity index (χ4n) is 2.96. The third kappa shape index (κ3) is 4.90. The molecule has 3 rings (SSSR count). The van der Waals surface area contributed by atoms with Gasteiger partial charge in [0.2, 0.25) is 0 Å². The number of rotatable bonds is 6. The number of anilines is 1. The largest absolute Gasteiger partial charge is 0.362 e. The van der Waals surface area contributed by atoms with Crippen molar-refractivity contribution in [3.05, 3.63) is 102 Å². The van der Waals surface area contributed by atoms with Crippen molar-refractivity contribution in [2.45, 2.75) is 12.3 Å². The predicted octanol–water partition coefficient (Wildman–Crippen LogP) is 5.33. The predicted molar refractivity (Wildman–Crippen MR) is 110 cm³/mol. The highest BCUT2D eigenvalue weighted by molar-refractivity contribution is 7.80. The van der Waals surface area contributed by atoms with E-state index in [-0.39, 0.29) is 11.7 Å². The maximum Gasteiger partial charge on any atom is 0.170 e. The average molecular weight is 364 g/mol. The Hall–Kier alpha value is -2.72. The van der Waals surface area contributed by atoms with Crippen LogP contribution in [0, 0.1) is 5.82 Å². The molecule has 2 N–H and O–H groups in total. The number of thiocarbonyl (C=S) groups is 1. The van der Waals surface area contributed by atoms with Crippen LogP contribution in [-0.2, 0) is 0 Å². The topological polar surface area (TPSA) is 24.1 Å². The molecule has 0 amide bonds. The van der Waals surface area contributed by atoms with Crippen LogP contribution in [0.1, 0.15) is 23.5 Å². The molecule has 0 spiro atoms. The average Bonchev–Trinajstić information content (AvgIpc) is 2.68. The third-order valence-electron chi connectivity index (χ3n) is 4.24. The van der Waals surface area contributed by atoms with E-state index in [1.165, 1.54) is 17.2 Å². The first-order valence-corrected chi connectivity index (χ1v) is 9.04. The third-order valence-corrected chi connectivity index (χ3v) is 4.49. The molecule has 26 heavy (non-hydrogen) atoms. The van der Waals surface area contributed by atoms with Gasteiger partial charge in [-0.2, -0.15) is 0 Å². The van der Waals surface area contributed by atoms with E-state index in [4.69, 9.17) is 12.2 Å². The summed E-state index contributed by atoms with van der Waals surface area (Å²) in [5.41, 5.74) is 2.93. The van der Waals surface area contributed by atoms with Gasteiger partial charge in [-0.3, -0.25) is 0 Å². The van der Waals surface area contributed by atoms with Gasteiger partial charge in [0.05, 0.1) is 5.69 Å². The second kappa shape index (κ2) is 9.11. The molecule has 0 aliphatic heterocycles. The Morgan fingerprint density at radius 3 is 1.92 bits per heavy atom. The van der Waals surface area contributed by atoms with E-state index < -0.39 is 0 Å². The lowest BCUT2D eigenvalue weighted by Gasteiger charge is -2.19. The van der Waals surface area contributed by atoms with Crippen molar-refractivity contribution in [2.24, 2.45) is 0 Å². The van der Waals surface area contributed by atoms with Crippen LogP contribution in [-0.4, -0.2) is 11.7 Å². The van der Waals surface area contributed by atoms with Crippen LogP contribution in [0.15, 0.2) is 84.9 Å². The van der Waals surface area contributed by atoms with Crippen LogP contribution < -0.4 is 10.6 Å². The quantitative estimate of drug-likeness (QED) is 0.578. The van der Waals surface area contributed by atoms with Gasteiger partial charge in [0, 0.05) is 12.5 Å². The van der Waals surface area contributed by atoms with Crippen LogP contribution in [0.5, 0.6) is 0 Å². The Labute approximate surface area is 159 Å². The van der Waals surface area contributed by atoms with Gasteiger partial charge in [-0.1, -0.05) is 72.8 Å². The lowest BCUT2D eigenvalue weighted by molar-refractivity contribution is 0.632. The molecular formula is C22H21FN2S. The number of halogens is 1. The van der Waals surface area contributed by atoms with E-state index in [0.29, 0.717) is 17.3 Å². The molecule has 4 heteroatoms. The first-order chi connectivity index (χ1) is 12.7. The number of para-hydroxylation sites is 1. The summed E-state index contributed by atoms with van der Waals surface area (Å²) in [5, 5.41) is 6.52. The molecule has 2 nitrogen and oxygen atoms in total. The Morgan fingerprint density at radius 1 is 0.808 bits per heavy atom. The molecule has 0 aliphatic rings. The molecule has 0 saturated heterocycles. The minimum Gasteiger partial charge on any atom is -0.362 e. The summed E-state index contributed by atoms with van der Waals surface area (Å²) in [6, 6.07) is 27.4. The summed E-state index contributed by atoms with van der Waals surface area (Å²) in [6.07, 6.45) is 0.882. The Bertz CT molecular complexity index is 798. The standard InChI is InChI=1S/C22H21FN2S/c23-20-13-7-8-14-21(20)25-22(26)24-16-15-19(17-9-3-1-4-10-17)18-11-5-2-6-12-18/h1-14,19H,15-16H2,(H2,24,25,26). The van der Waals surface area contributed by atoms with Gasteiger partial charge in [-0.05, 0) is 41.9 Å². The highest BCUT2D eigenvalue weighted by Gasteiger charge is 2.13. The molecule has 132 valence electrons.